The van der Waals surface area contributed by atoms with E-state index in [0.717, 1.165) is 0 Å². The van der Waals surface area contributed by atoms with Gasteiger partial charge in [-0.1, -0.05) is 0 Å². The van der Waals surface area contributed by atoms with Crippen molar-refractivity contribution in [3.05, 3.63) is 45.3 Å². The Kier molecular flexibility index (Phi) is 5.16. The molecule has 1 unspecified atom stereocenters. The molecule has 0 aliphatic rings. The first kappa shape index (κ1) is 19.0. The highest BCUT2D eigenvalue weighted by Gasteiger charge is 2.56. The molecule has 26 heavy (non-hydrogen) atoms. The monoisotopic (exact) mass is 463 g/mol. The molecule has 0 saturated heterocycles. The van der Waals surface area contributed by atoms with Gasteiger partial charge >= 0.3 is 13.7 Å². The number of aromatic nitrogens is 3. The van der Waals surface area contributed by atoms with Crippen molar-refractivity contribution >= 4 is 51.3 Å². The van der Waals surface area contributed by atoms with Crippen molar-refractivity contribution in [2.45, 2.75) is 12.2 Å². The van der Waals surface area contributed by atoms with Crippen LogP contribution in [-0.2, 0) is 23.8 Å². The van der Waals surface area contributed by atoms with Crippen LogP contribution in [0.1, 0.15) is 21.1 Å². The summed E-state index contributed by atoms with van der Waals surface area (Å²) in [7, 11) is -2.02. The molecule has 1 aromatic carbocycles. The molecule has 2 N–H and O–H groups in total. The number of benzene rings is 1. The number of carbonyl (C=O) groups is 1. The summed E-state index contributed by atoms with van der Waals surface area (Å²) in [6, 6.07) is 4.46. The van der Waals surface area contributed by atoms with Crippen LogP contribution in [0.25, 0.3) is 10.1 Å². The molecule has 0 aliphatic carbocycles. The Hall–Kier alpha value is -1.81. The first-order valence-corrected chi connectivity index (χ1v) is 9.91. The lowest BCUT2D eigenvalue weighted by Crippen LogP contribution is -2.23. The number of thiophene rings is 1. The highest BCUT2D eigenvalue weighted by atomic mass is 79.9. The van der Waals surface area contributed by atoms with Crippen molar-refractivity contribution in [1.82, 2.24) is 20.1 Å². The van der Waals surface area contributed by atoms with E-state index in [0.29, 0.717) is 27.2 Å². The second-order valence-electron chi connectivity index (χ2n) is 5.29. The van der Waals surface area contributed by atoms with Gasteiger partial charge in [0.05, 0.1) is 11.0 Å². The lowest BCUT2D eigenvalue weighted by Gasteiger charge is -2.03. The van der Waals surface area contributed by atoms with Gasteiger partial charge < -0.3 is 5.32 Å². The molecule has 0 aliphatic heterocycles. The number of amides is 1. The molecule has 0 saturated carbocycles. The van der Waals surface area contributed by atoms with Gasteiger partial charge in [0.2, 0.25) is 0 Å². The van der Waals surface area contributed by atoms with Gasteiger partial charge in [0, 0.05) is 22.7 Å². The first-order valence-electron chi connectivity index (χ1n) is 7.09. The Morgan fingerprint density at radius 2 is 2.23 bits per heavy atom. The first-order chi connectivity index (χ1) is 12.2. The van der Waals surface area contributed by atoms with E-state index in [9.17, 15) is 18.1 Å². The normalized spacial score (nSPS) is 12.4. The molecule has 7 nitrogen and oxygen atoms in total. The Bertz CT molecular complexity index is 1020. The van der Waals surface area contributed by atoms with Crippen molar-refractivity contribution in [3.63, 3.8) is 0 Å². The minimum atomic E-state index is -3.87. The number of halogens is 3. The zero-order valence-electron chi connectivity index (χ0n) is 13.1. The minimum absolute atomic E-state index is 0.000873. The molecule has 2 aromatic heterocycles. The lowest BCUT2D eigenvalue weighted by molar-refractivity contribution is 0.0849. The maximum Gasteiger partial charge on any atom is 0.590 e. The molecule has 1 atom stereocenters. The van der Waals surface area contributed by atoms with E-state index in [-0.39, 0.29) is 16.6 Å². The Morgan fingerprint density at radius 3 is 2.85 bits per heavy atom. The van der Waals surface area contributed by atoms with Gasteiger partial charge in [0.15, 0.2) is 5.82 Å². The van der Waals surface area contributed by atoms with Crippen LogP contribution in [0.15, 0.2) is 29.0 Å². The topological polar surface area (TPSA) is 97.1 Å². The van der Waals surface area contributed by atoms with Crippen LogP contribution in [-0.4, -0.2) is 25.6 Å². The molecule has 0 fully saturated rings. The standard InChI is InChI=1S/C14H10BrF2N4O3PS/c1-21-6-19-10(20-21)5-18-13(22)7-2-3-9-8(4-7)11(15)12(26-9)14(16,17)25(23)24/h2-4,6H,5H2,1H3,(H-,18,22,23,24)/p+1. The highest BCUT2D eigenvalue weighted by molar-refractivity contribution is 9.10. The maximum absolute atomic E-state index is 13.9. The number of hydrogen-bond acceptors (Lipinski definition) is 5. The number of aryl methyl sites for hydroxylation is 1. The zero-order valence-corrected chi connectivity index (χ0v) is 16.4. The number of carbonyl (C=O) groups excluding carboxylic acids is 1. The van der Waals surface area contributed by atoms with Crippen LogP contribution in [0, 0.1) is 0 Å². The van der Waals surface area contributed by atoms with Crippen molar-refractivity contribution in [2.24, 2.45) is 7.05 Å². The van der Waals surface area contributed by atoms with Gasteiger partial charge in [-0.05, 0) is 38.7 Å². The molecule has 3 aromatic rings. The predicted molar refractivity (Wildman–Crippen MR) is 95.4 cm³/mol. The lowest BCUT2D eigenvalue weighted by atomic mass is 10.1. The second-order valence-corrected chi connectivity index (χ2v) is 8.24. The summed E-state index contributed by atoms with van der Waals surface area (Å²) in [5.74, 6) is 0.0197. The minimum Gasteiger partial charge on any atom is -0.345 e. The number of rotatable bonds is 5. The molecule has 0 radical (unpaired) electrons. The van der Waals surface area contributed by atoms with Crippen molar-refractivity contribution in [2.75, 3.05) is 0 Å². The van der Waals surface area contributed by atoms with Crippen molar-refractivity contribution in [1.29, 1.82) is 0 Å². The van der Waals surface area contributed by atoms with E-state index in [4.69, 9.17) is 4.89 Å². The molecule has 12 heteroatoms. The fraction of sp³-hybridized carbons (Fsp3) is 0.214. The summed E-state index contributed by atoms with van der Waals surface area (Å²) in [4.78, 5) is 24.6. The predicted octanol–water partition coefficient (Wildman–Crippen LogP) is 3.51. The Balaban J connectivity index is 1.88. The van der Waals surface area contributed by atoms with Gasteiger partial charge in [0.25, 0.3) is 5.91 Å². The van der Waals surface area contributed by atoms with E-state index in [1.807, 2.05) is 0 Å². The molecule has 136 valence electrons. The third-order valence-corrected chi connectivity index (χ3v) is 6.64. The van der Waals surface area contributed by atoms with Crippen LogP contribution < -0.4 is 5.32 Å². The smallest absolute Gasteiger partial charge is 0.345 e. The SMILES string of the molecule is Cn1cnc(CNC(=O)c2ccc3sc(C(F)(F)[P+](=O)O)c(Br)c3c2)n1. The number of nitrogens with one attached hydrogen (secondary N) is 1. The molecule has 0 spiro atoms. The number of hydrogen-bond donors (Lipinski definition) is 2. The summed E-state index contributed by atoms with van der Waals surface area (Å²) in [5.41, 5.74) is -3.61. The largest absolute Gasteiger partial charge is 0.590 e. The van der Waals surface area contributed by atoms with Gasteiger partial charge in [-0.2, -0.15) is 9.99 Å². The molecule has 2 heterocycles. The molecule has 1 amide bonds. The number of alkyl halides is 2. The summed E-state index contributed by atoms with van der Waals surface area (Å²) in [5, 5.41) is 7.05. The van der Waals surface area contributed by atoms with Crippen molar-refractivity contribution < 1.29 is 23.0 Å². The van der Waals surface area contributed by atoms with Crippen LogP contribution in [0.5, 0.6) is 0 Å². The summed E-state index contributed by atoms with van der Waals surface area (Å²) in [6.45, 7) is 0.122. The fourth-order valence-corrected chi connectivity index (χ4v) is 4.93. The highest BCUT2D eigenvalue weighted by Crippen LogP contribution is 2.54. The third kappa shape index (κ3) is 3.52. The zero-order chi connectivity index (χ0) is 19.1. The summed E-state index contributed by atoms with van der Waals surface area (Å²) >= 11 is 3.75. The van der Waals surface area contributed by atoms with Crippen LogP contribution in [0.2, 0.25) is 0 Å². The van der Waals surface area contributed by atoms with E-state index in [1.165, 1.54) is 29.2 Å². The van der Waals surface area contributed by atoms with Gasteiger partial charge in [-0.3, -0.25) is 9.48 Å². The summed E-state index contributed by atoms with van der Waals surface area (Å²) < 4.78 is 40.7. The van der Waals surface area contributed by atoms with E-state index >= 15 is 0 Å². The van der Waals surface area contributed by atoms with Crippen molar-refractivity contribution in [3.8, 4) is 0 Å². The van der Waals surface area contributed by atoms with E-state index in [2.05, 4.69) is 31.3 Å². The maximum atomic E-state index is 13.9. The average molecular weight is 464 g/mol. The van der Waals surface area contributed by atoms with Gasteiger partial charge in [0.1, 0.15) is 11.2 Å². The quantitative estimate of drug-likeness (QED) is 0.564. The Morgan fingerprint density at radius 1 is 1.50 bits per heavy atom. The molecule has 3 rings (SSSR count). The molecular weight excluding hydrogens is 453 g/mol. The fourth-order valence-electron chi connectivity index (χ4n) is 2.22. The Labute approximate surface area is 159 Å². The molecular formula is C14H11BrF2N4O3PS+. The van der Waals surface area contributed by atoms with Crippen LogP contribution in [0.3, 0.4) is 0 Å². The summed E-state index contributed by atoms with van der Waals surface area (Å²) in [6.07, 6.45) is 1.50. The average Bonchev–Trinajstić information content (AvgIpc) is 3.16. The third-order valence-electron chi connectivity index (χ3n) is 3.46. The molecule has 0 bridgehead atoms. The van der Waals surface area contributed by atoms with Gasteiger partial charge in [-0.25, -0.2) is 4.98 Å². The van der Waals surface area contributed by atoms with E-state index < -0.39 is 24.5 Å². The van der Waals surface area contributed by atoms with Crippen LogP contribution >= 0.6 is 35.3 Å². The second kappa shape index (κ2) is 7.07. The number of nitrogens with zero attached hydrogens (tertiary/aromatic N) is 3. The van der Waals surface area contributed by atoms with E-state index in [1.54, 1.807) is 7.05 Å². The van der Waals surface area contributed by atoms with Crippen LogP contribution in [0.4, 0.5) is 8.78 Å². The van der Waals surface area contributed by atoms with Gasteiger partial charge in [-0.15, -0.1) is 20.1 Å². The number of fused-ring (bicyclic) bond motifs is 1.